The molecule has 3 heterocycles. The molecule has 0 atom stereocenters. The molecule has 4 heteroatoms. The smallest absolute Gasteiger partial charge is 0.161 e. The van der Waals surface area contributed by atoms with Crippen LogP contribution in [0.5, 0.6) is 0 Å². The summed E-state index contributed by atoms with van der Waals surface area (Å²) in [6.45, 7) is 2.00. The minimum Gasteiger partial charge on any atom is -0.381 e. The predicted molar refractivity (Wildman–Crippen MR) is 73.9 cm³/mol. The van der Waals surface area contributed by atoms with Crippen molar-refractivity contribution in [3.63, 3.8) is 0 Å². The van der Waals surface area contributed by atoms with E-state index in [-0.39, 0.29) is 0 Å². The van der Waals surface area contributed by atoms with Gasteiger partial charge < -0.3 is 9.64 Å². The van der Waals surface area contributed by atoms with Crippen molar-refractivity contribution in [3.8, 4) is 0 Å². The first kappa shape index (κ1) is 12.8. The van der Waals surface area contributed by atoms with Crippen molar-refractivity contribution >= 4 is 16.9 Å². The summed E-state index contributed by atoms with van der Waals surface area (Å²) in [5, 5.41) is 1.08. The summed E-state index contributed by atoms with van der Waals surface area (Å²) < 4.78 is 4.94. The third kappa shape index (κ3) is 3.40. The molecule has 2 aromatic heterocycles. The number of hydrogen-bond donors (Lipinski definition) is 0. The van der Waals surface area contributed by atoms with Crippen LogP contribution in [0.25, 0.3) is 11.0 Å². The number of nitrogens with zero attached hydrogens (tertiary/aromatic N) is 3. The third-order valence-electron chi connectivity index (χ3n) is 2.73. The average molecular weight is 245 g/mol. The molecule has 18 heavy (non-hydrogen) atoms. The van der Waals surface area contributed by atoms with Crippen LogP contribution in [0.1, 0.15) is 12.8 Å². The van der Waals surface area contributed by atoms with Crippen LogP contribution >= 0.6 is 0 Å². The van der Waals surface area contributed by atoms with E-state index in [1.165, 1.54) is 12.8 Å². The summed E-state index contributed by atoms with van der Waals surface area (Å²) in [5.41, 5.74) is 0.800. The van der Waals surface area contributed by atoms with E-state index >= 15 is 0 Å². The molecule has 1 aliphatic rings. The Hall–Kier alpha value is -1.68. The van der Waals surface area contributed by atoms with Gasteiger partial charge in [0.2, 0.25) is 0 Å². The number of hydrogen-bond acceptors (Lipinski definition) is 4. The van der Waals surface area contributed by atoms with E-state index in [0.29, 0.717) is 0 Å². The number of aromatic nitrogens is 2. The first-order valence-electron chi connectivity index (χ1n) is 6.24. The topological polar surface area (TPSA) is 38.2 Å². The minimum absolute atomic E-state index is 0.800. The van der Waals surface area contributed by atoms with E-state index < -0.39 is 0 Å². The monoisotopic (exact) mass is 245 g/mol. The number of rotatable bonds is 1. The van der Waals surface area contributed by atoms with Gasteiger partial charge in [-0.25, -0.2) is 9.97 Å². The second kappa shape index (κ2) is 6.31. The maximum absolute atomic E-state index is 4.94. The molecule has 0 aliphatic carbocycles. The van der Waals surface area contributed by atoms with Gasteiger partial charge in [-0.15, -0.1) is 0 Å². The molecule has 1 aliphatic heterocycles. The molecule has 3 rings (SSSR count). The van der Waals surface area contributed by atoms with Crippen LogP contribution in [-0.2, 0) is 4.74 Å². The van der Waals surface area contributed by atoms with Gasteiger partial charge in [-0.1, -0.05) is 0 Å². The quantitative estimate of drug-likeness (QED) is 0.773. The van der Waals surface area contributed by atoms with Crippen molar-refractivity contribution in [1.29, 1.82) is 0 Å². The number of anilines is 1. The fraction of sp³-hybridized carbons (Fsp3) is 0.429. The maximum Gasteiger partial charge on any atom is 0.161 e. The van der Waals surface area contributed by atoms with Crippen LogP contribution < -0.4 is 4.90 Å². The van der Waals surface area contributed by atoms with Crippen molar-refractivity contribution in [2.24, 2.45) is 0 Å². The second-order valence-electron chi connectivity index (χ2n) is 4.43. The molecule has 0 aromatic carbocycles. The lowest BCUT2D eigenvalue weighted by atomic mass is 10.3. The van der Waals surface area contributed by atoms with Crippen LogP contribution in [0.3, 0.4) is 0 Å². The fourth-order valence-corrected chi connectivity index (χ4v) is 1.70. The van der Waals surface area contributed by atoms with Crippen molar-refractivity contribution in [3.05, 3.63) is 30.5 Å². The zero-order chi connectivity index (χ0) is 12.8. The van der Waals surface area contributed by atoms with Crippen molar-refractivity contribution in [2.75, 3.05) is 32.2 Å². The van der Waals surface area contributed by atoms with Crippen LogP contribution in [0, 0.1) is 0 Å². The summed E-state index contributed by atoms with van der Waals surface area (Å²) in [4.78, 5) is 10.5. The van der Waals surface area contributed by atoms with Gasteiger partial charge in [0.1, 0.15) is 5.82 Å². The van der Waals surface area contributed by atoms with Gasteiger partial charge in [0.05, 0.1) is 0 Å². The Balaban J connectivity index is 0.000000202. The lowest BCUT2D eigenvalue weighted by molar-refractivity contribution is 0.198. The Morgan fingerprint density at radius 2 is 1.89 bits per heavy atom. The van der Waals surface area contributed by atoms with E-state index in [4.69, 9.17) is 4.74 Å². The Bertz CT molecular complexity index is 488. The maximum atomic E-state index is 4.94. The van der Waals surface area contributed by atoms with E-state index in [9.17, 15) is 0 Å². The lowest BCUT2D eigenvalue weighted by Crippen LogP contribution is -2.10. The second-order valence-corrected chi connectivity index (χ2v) is 4.43. The number of fused-ring (bicyclic) bond motifs is 1. The largest absolute Gasteiger partial charge is 0.381 e. The SMILES string of the molecule is C1CCOC1.CN(C)c1ccc2cccnc2n1. The van der Waals surface area contributed by atoms with Gasteiger partial charge in [-0.2, -0.15) is 0 Å². The third-order valence-corrected chi connectivity index (χ3v) is 2.73. The first-order valence-corrected chi connectivity index (χ1v) is 6.24. The minimum atomic E-state index is 0.800. The summed E-state index contributed by atoms with van der Waals surface area (Å²) >= 11 is 0. The average Bonchev–Trinajstić information content (AvgIpc) is 2.97. The van der Waals surface area contributed by atoms with Gasteiger partial charge in [0, 0.05) is 38.9 Å². The van der Waals surface area contributed by atoms with Crippen LogP contribution in [0.4, 0.5) is 5.82 Å². The van der Waals surface area contributed by atoms with E-state index in [0.717, 1.165) is 30.1 Å². The molecule has 1 saturated heterocycles. The summed E-state index contributed by atoms with van der Waals surface area (Å²) in [6.07, 6.45) is 4.31. The van der Waals surface area contributed by atoms with Gasteiger partial charge in [0.25, 0.3) is 0 Å². The Morgan fingerprint density at radius 1 is 1.11 bits per heavy atom. The molecule has 96 valence electrons. The van der Waals surface area contributed by atoms with Crippen molar-refractivity contribution < 1.29 is 4.74 Å². The van der Waals surface area contributed by atoms with Crippen molar-refractivity contribution in [2.45, 2.75) is 12.8 Å². The Morgan fingerprint density at radius 3 is 2.50 bits per heavy atom. The van der Waals surface area contributed by atoms with Crippen LogP contribution in [0.2, 0.25) is 0 Å². The molecule has 1 fully saturated rings. The molecule has 4 nitrogen and oxygen atoms in total. The molecule has 0 amide bonds. The highest BCUT2D eigenvalue weighted by atomic mass is 16.5. The molecule has 0 spiro atoms. The highest BCUT2D eigenvalue weighted by Crippen LogP contribution is 2.13. The lowest BCUT2D eigenvalue weighted by Gasteiger charge is -2.10. The van der Waals surface area contributed by atoms with Gasteiger partial charge >= 0.3 is 0 Å². The predicted octanol–water partition coefficient (Wildman–Crippen LogP) is 2.49. The molecular formula is C14H19N3O. The number of pyridine rings is 2. The Labute approximate surface area is 108 Å². The molecule has 0 saturated carbocycles. The molecule has 2 aromatic rings. The highest BCUT2D eigenvalue weighted by molar-refractivity contribution is 5.76. The van der Waals surface area contributed by atoms with Crippen LogP contribution in [0.15, 0.2) is 30.5 Å². The molecule has 0 unspecified atom stereocenters. The zero-order valence-electron chi connectivity index (χ0n) is 11.0. The van der Waals surface area contributed by atoms with Gasteiger partial charge in [-0.05, 0) is 37.1 Å². The molecular weight excluding hydrogens is 226 g/mol. The van der Waals surface area contributed by atoms with Crippen LogP contribution in [-0.4, -0.2) is 37.3 Å². The molecule has 0 N–H and O–H groups in total. The van der Waals surface area contributed by atoms with E-state index in [1.807, 2.05) is 43.3 Å². The molecule has 0 radical (unpaired) electrons. The van der Waals surface area contributed by atoms with Gasteiger partial charge in [0.15, 0.2) is 5.65 Å². The molecule has 0 bridgehead atoms. The zero-order valence-corrected chi connectivity index (χ0v) is 11.0. The summed E-state index contributed by atoms with van der Waals surface area (Å²) in [7, 11) is 3.94. The summed E-state index contributed by atoms with van der Waals surface area (Å²) in [6, 6.07) is 7.95. The van der Waals surface area contributed by atoms with Gasteiger partial charge in [-0.3, -0.25) is 0 Å². The fourth-order valence-electron chi connectivity index (χ4n) is 1.70. The number of ether oxygens (including phenoxy) is 1. The van der Waals surface area contributed by atoms with E-state index in [1.54, 1.807) is 6.20 Å². The van der Waals surface area contributed by atoms with Crippen molar-refractivity contribution in [1.82, 2.24) is 9.97 Å². The van der Waals surface area contributed by atoms with E-state index in [2.05, 4.69) is 9.97 Å². The highest BCUT2D eigenvalue weighted by Gasteiger charge is 1.99. The standard InChI is InChI=1S/C10H11N3.C4H8O/c1-13(2)9-6-5-8-4-3-7-11-10(8)12-9;1-2-4-5-3-1/h3-7H,1-2H3;1-4H2. The normalized spacial score (nSPS) is 14.1. The Kier molecular flexibility index (Phi) is 4.47. The first-order chi connectivity index (χ1) is 8.77. The summed E-state index contributed by atoms with van der Waals surface area (Å²) in [5.74, 6) is 0.936.